The van der Waals surface area contributed by atoms with Crippen molar-refractivity contribution in [2.45, 2.75) is 18.0 Å². The van der Waals surface area contributed by atoms with Gasteiger partial charge < -0.3 is 13.7 Å². The van der Waals surface area contributed by atoms with Crippen LogP contribution in [0, 0.1) is 0 Å². The van der Waals surface area contributed by atoms with Crippen molar-refractivity contribution in [1.29, 1.82) is 0 Å². The Morgan fingerprint density at radius 2 is 1.84 bits per heavy atom. The lowest BCUT2D eigenvalue weighted by Gasteiger charge is -2.04. The van der Waals surface area contributed by atoms with Crippen LogP contribution in [0.1, 0.15) is 0 Å². The van der Waals surface area contributed by atoms with Crippen LogP contribution in [0.5, 0.6) is 0 Å². The van der Waals surface area contributed by atoms with Gasteiger partial charge in [-0.05, 0) is 30.3 Å². The third-order valence-corrected chi connectivity index (χ3v) is 6.84. The number of amides is 1. The molecule has 12 heteroatoms. The molecule has 2 aromatic heterocycles. The van der Waals surface area contributed by atoms with Gasteiger partial charge in [0.15, 0.2) is 20.2 Å². The molecule has 166 valence electrons. The summed E-state index contributed by atoms with van der Waals surface area (Å²) in [5, 5.41) is 0. The number of methoxy groups -OCH3 is 1. The summed E-state index contributed by atoms with van der Waals surface area (Å²) in [4.78, 5) is 41.1. The van der Waals surface area contributed by atoms with E-state index in [0.29, 0.717) is 21.3 Å². The number of thiazole rings is 1. The first-order valence-electron chi connectivity index (χ1n) is 9.23. The monoisotopic (exact) mass is 475 g/mol. The Morgan fingerprint density at radius 3 is 2.56 bits per heavy atom. The van der Waals surface area contributed by atoms with Gasteiger partial charge in [-0.2, -0.15) is 4.99 Å². The van der Waals surface area contributed by atoms with Gasteiger partial charge in [0.2, 0.25) is 0 Å². The molecule has 0 saturated carbocycles. The Kier molecular flexibility index (Phi) is 5.57. The number of hydrogen-bond donors (Lipinski definition) is 0. The number of carbonyl (C=O) groups excluding carboxylic acids is 2. The number of oxazole rings is 1. The number of carbonyl (C=O) groups is 2. The molecular weight excluding hydrogens is 458 g/mol. The number of aromatic nitrogens is 2. The molecule has 0 aliphatic carbocycles. The van der Waals surface area contributed by atoms with Gasteiger partial charge in [-0.3, -0.25) is 14.2 Å². The molecule has 32 heavy (non-hydrogen) atoms. The fraction of sp³-hybridized carbons (Fsp3) is 0.200. The summed E-state index contributed by atoms with van der Waals surface area (Å²) in [6, 6.07) is 11.1. The molecule has 0 N–H and O–H groups in total. The number of hydrogen-bond acceptors (Lipinski definition) is 8. The molecule has 0 spiro atoms. The molecule has 0 unspecified atom stereocenters. The average Bonchev–Trinajstić information content (AvgIpc) is 3.23. The second-order valence-corrected chi connectivity index (χ2v) is 9.90. The van der Waals surface area contributed by atoms with E-state index in [1.165, 1.54) is 28.4 Å². The van der Waals surface area contributed by atoms with Crippen molar-refractivity contribution >= 4 is 54.4 Å². The average molecular weight is 476 g/mol. The predicted octanol–water partition coefficient (Wildman–Crippen LogP) is 1.31. The number of nitrogens with zero attached hydrogens (tertiary/aromatic N) is 3. The van der Waals surface area contributed by atoms with Crippen LogP contribution in [-0.4, -0.2) is 42.8 Å². The highest BCUT2D eigenvalue weighted by molar-refractivity contribution is 7.90. The Bertz CT molecular complexity index is 1600. The summed E-state index contributed by atoms with van der Waals surface area (Å²) in [7, 11) is -2.21. The van der Waals surface area contributed by atoms with E-state index in [4.69, 9.17) is 9.15 Å². The molecule has 2 heterocycles. The summed E-state index contributed by atoms with van der Waals surface area (Å²) in [6.07, 6.45) is 1.09. The van der Waals surface area contributed by atoms with E-state index in [2.05, 4.69) is 4.99 Å². The highest BCUT2D eigenvalue weighted by Gasteiger charge is 2.16. The zero-order chi connectivity index (χ0) is 23.0. The standard InChI is InChI=1S/C20H17N3O7S2/c1-29-18(25)11-22-14-8-7-12(32(2,27)28)9-16(14)31-19(22)21-17(24)10-23-13-5-3-4-6-15(13)30-20(23)26/h3-9H,10-11H2,1-2H3. The summed E-state index contributed by atoms with van der Waals surface area (Å²) < 4.78 is 36.8. The Balaban J connectivity index is 1.81. The highest BCUT2D eigenvalue weighted by atomic mass is 32.2. The summed E-state index contributed by atoms with van der Waals surface area (Å²) in [5.41, 5.74) is 1.32. The quantitative estimate of drug-likeness (QED) is 0.398. The maximum absolute atomic E-state index is 12.7. The van der Waals surface area contributed by atoms with Crippen LogP contribution < -0.4 is 10.6 Å². The van der Waals surface area contributed by atoms with Crippen LogP contribution >= 0.6 is 11.3 Å². The summed E-state index contributed by atoms with van der Waals surface area (Å²) in [6.45, 7) is -0.591. The van der Waals surface area contributed by atoms with Gasteiger partial charge in [0.25, 0.3) is 5.91 Å². The smallest absolute Gasteiger partial charge is 0.420 e. The van der Waals surface area contributed by atoms with Crippen LogP contribution in [0.25, 0.3) is 21.3 Å². The molecule has 2 aromatic carbocycles. The number of fused-ring (bicyclic) bond motifs is 2. The topological polar surface area (TPSA) is 130 Å². The minimum absolute atomic E-state index is 0.103. The molecule has 0 fully saturated rings. The molecule has 0 saturated heterocycles. The number of esters is 1. The second-order valence-electron chi connectivity index (χ2n) is 6.88. The van der Waals surface area contributed by atoms with Crippen LogP contribution in [0.4, 0.5) is 0 Å². The van der Waals surface area contributed by atoms with Crippen molar-refractivity contribution in [1.82, 2.24) is 9.13 Å². The number of para-hydroxylation sites is 2. The number of sulfone groups is 1. The second kappa shape index (κ2) is 8.20. The van der Waals surface area contributed by atoms with Gasteiger partial charge in [0.1, 0.15) is 13.1 Å². The van der Waals surface area contributed by atoms with E-state index in [1.54, 1.807) is 30.3 Å². The maximum atomic E-state index is 12.7. The molecule has 10 nitrogen and oxygen atoms in total. The van der Waals surface area contributed by atoms with Crippen molar-refractivity contribution in [2.24, 2.45) is 4.99 Å². The lowest BCUT2D eigenvalue weighted by molar-refractivity contribution is -0.141. The van der Waals surface area contributed by atoms with Crippen molar-refractivity contribution in [3.05, 3.63) is 57.8 Å². The van der Waals surface area contributed by atoms with Crippen molar-refractivity contribution in [3.63, 3.8) is 0 Å². The normalized spacial score (nSPS) is 12.5. The molecule has 0 atom stereocenters. The van der Waals surface area contributed by atoms with Gasteiger partial charge in [-0.25, -0.2) is 13.2 Å². The van der Waals surface area contributed by atoms with E-state index in [9.17, 15) is 22.8 Å². The fourth-order valence-electron chi connectivity index (χ4n) is 3.16. The molecule has 4 rings (SSSR count). The van der Waals surface area contributed by atoms with Crippen molar-refractivity contribution in [2.75, 3.05) is 13.4 Å². The Labute approximate surface area is 184 Å². The number of ether oxygens (including phenoxy) is 1. The number of rotatable bonds is 5. The first-order chi connectivity index (χ1) is 15.2. The molecule has 0 aliphatic rings. The molecular formula is C20H17N3O7S2. The van der Waals surface area contributed by atoms with Crippen molar-refractivity contribution in [3.8, 4) is 0 Å². The van der Waals surface area contributed by atoms with E-state index < -0.39 is 27.5 Å². The van der Waals surface area contributed by atoms with E-state index in [1.807, 2.05) is 0 Å². The van der Waals surface area contributed by atoms with Crippen molar-refractivity contribution < 1.29 is 27.2 Å². The number of benzene rings is 2. The highest BCUT2D eigenvalue weighted by Crippen LogP contribution is 2.22. The molecule has 0 bridgehead atoms. The third-order valence-electron chi connectivity index (χ3n) is 4.68. The third kappa shape index (κ3) is 4.14. The van der Waals surface area contributed by atoms with E-state index >= 15 is 0 Å². The van der Waals surface area contributed by atoms with E-state index in [-0.39, 0.29) is 22.8 Å². The van der Waals surface area contributed by atoms with Crippen LogP contribution in [0.3, 0.4) is 0 Å². The maximum Gasteiger partial charge on any atom is 0.420 e. The minimum Gasteiger partial charge on any atom is -0.468 e. The largest absolute Gasteiger partial charge is 0.468 e. The van der Waals surface area contributed by atoms with Gasteiger partial charge in [-0.1, -0.05) is 23.5 Å². The SMILES string of the molecule is COC(=O)Cn1c(=NC(=O)Cn2c(=O)oc3ccccc32)sc2cc(S(C)(=O)=O)ccc21. The van der Waals surface area contributed by atoms with Gasteiger partial charge >= 0.3 is 11.7 Å². The molecule has 1 amide bonds. The first-order valence-corrected chi connectivity index (χ1v) is 11.9. The molecule has 0 aliphatic heterocycles. The summed E-state index contributed by atoms with van der Waals surface area (Å²) in [5.74, 6) is -1.90. The predicted molar refractivity (Wildman–Crippen MR) is 116 cm³/mol. The lowest BCUT2D eigenvalue weighted by Crippen LogP contribution is -2.24. The van der Waals surface area contributed by atoms with E-state index in [0.717, 1.165) is 17.6 Å². The van der Waals surface area contributed by atoms with Gasteiger partial charge in [0, 0.05) is 6.26 Å². The Hall–Kier alpha value is -3.51. The minimum atomic E-state index is -3.45. The zero-order valence-corrected chi connectivity index (χ0v) is 18.6. The fourth-order valence-corrected chi connectivity index (χ4v) is 4.96. The van der Waals surface area contributed by atoms with Crippen LogP contribution in [-0.2, 0) is 37.3 Å². The van der Waals surface area contributed by atoms with Crippen LogP contribution in [0.15, 0.2) is 61.6 Å². The molecule has 4 aromatic rings. The van der Waals surface area contributed by atoms with Gasteiger partial charge in [-0.15, -0.1) is 0 Å². The van der Waals surface area contributed by atoms with Gasteiger partial charge in [0.05, 0.1) is 27.7 Å². The first kappa shape index (κ1) is 21.7. The van der Waals surface area contributed by atoms with Crippen LogP contribution in [0.2, 0.25) is 0 Å². The molecule has 0 radical (unpaired) electrons. The zero-order valence-electron chi connectivity index (χ0n) is 17.0. The summed E-state index contributed by atoms with van der Waals surface area (Å²) >= 11 is 1.05. The lowest BCUT2D eigenvalue weighted by atomic mass is 10.3. The Morgan fingerprint density at radius 1 is 1.09 bits per heavy atom.